The summed E-state index contributed by atoms with van der Waals surface area (Å²) < 4.78 is 44.0. The summed E-state index contributed by atoms with van der Waals surface area (Å²) in [5, 5.41) is 20.2. The first kappa shape index (κ1) is 24.5. The van der Waals surface area contributed by atoms with E-state index in [2.05, 4.69) is 8.83 Å². The molecule has 31 heavy (non-hydrogen) atoms. The molecule has 1 aliphatic carbocycles. The third-order valence-corrected chi connectivity index (χ3v) is 7.60. The molecule has 0 amide bonds. The van der Waals surface area contributed by atoms with Gasteiger partial charge >= 0.3 is 21.3 Å². The molecule has 0 spiro atoms. The van der Waals surface area contributed by atoms with Gasteiger partial charge in [0.05, 0.1) is 12.7 Å². The van der Waals surface area contributed by atoms with Crippen LogP contribution < -0.4 is 11.2 Å². The highest BCUT2D eigenvalue weighted by Gasteiger charge is 2.46. The van der Waals surface area contributed by atoms with Gasteiger partial charge in [-0.25, -0.2) is 13.9 Å². The second-order valence-electron chi connectivity index (χ2n) is 7.24. The van der Waals surface area contributed by atoms with E-state index >= 15 is 0 Å². The quantitative estimate of drug-likeness (QED) is 0.301. The number of hydrogen-bond acceptors (Lipinski definition) is 10. The molecular formula is C15H24N2O12P2. The highest BCUT2D eigenvalue weighted by atomic mass is 31.3. The van der Waals surface area contributed by atoms with Gasteiger partial charge in [0.15, 0.2) is 6.23 Å². The second-order valence-corrected chi connectivity index (χ2v) is 10.2. The number of aromatic amines is 1. The maximum absolute atomic E-state index is 12.1. The fourth-order valence-electron chi connectivity index (χ4n) is 3.42. The largest absolute Gasteiger partial charge is 0.481 e. The fourth-order valence-corrected chi connectivity index (χ4v) is 5.73. The van der Waals surface area contributed by atoms with Gasteiger partial charge in [0.1, 0.15) is 18.3 Å². The molecule has 6 atom stereocenters. The van der Waals surface area contributed by atoms with E-state index in [0.29, 0.717) is 12.8 Å². The SMILES string of the molecule is O=c1ccn([C@@H]2O[C@H](COP(=O)(O)OP(=O)(O)OC3CCCCC3)[C@@H](O)[C@H]2O)c(=O)[nH]1. The van der Waals surface area contributed by atoms with Crippen LogP contribution in [-0.4, -0.2) is 60.6 Å². The van der Waals surface area contributed by atoms with Crippen LogP contribution in [0.15, 0.2) is 21.9 Å². The molecule has 0 bridgehead atoms. The van der Waals surface area contributed by atoms with Gasteiger partial charge in [0, 0.05) is 12.3 Å². The van der Waals surface area contributed by atoms with Crippen molar-refractivity contribution in [3.8, 4) is 0 Å². The molecule has 0 aromatic carbocycles. The lowest BCUT2D eigenvalue weighted by molar-refractivity contribution is -0.0544. The summed E-state index contributed by atoms with van der Waals surface area (Å²) in [5.41, 5.74) is -1.60. The molecule has 16 heteroatoms. The lowest BCUT2D eigenvalue weighted by Gasteiger charge is -2.25. The van der Waals surface area contributed by atoms with E-state index in [9.17, 15) is 38.7 Å². The Kier molecular flexibility index (Phi) is 7.70. The van der Waals surface area contributed by atoms with E-state index < -0.39 is 64.1 Å². The van der Waals surface area contributed by atoms with Crippen LogP contribution in [0.4, 0.5) is 0 Å². The van der Waals surface area contributed by atoms with Crippen LogP contribution in [0.1, 0.15) is 38.3 Å². The molecule has 1 saturated carbocycles. The Hall–Kier alpha value is -1.18. The summed E-state index contributed by atoms with van der Waals surface area (Å²) in [5.74, 6) is 0. The average molecular weight is 486 g/mol. The monoisotopic (exact) mass is 486 g/mol. The number of phosphoric acid groups is 2. The molecule has 2 aliphatic rings. The minimum absolute atomic E-state index is 0.510. The zero-order valence-electron chi connectivity index (χ0n) is 16.2. The first-order chi connectivity index (χ1) is 14.5. The van der Waals surface area contributed by atoms with E-state index in [-0.39, 0.29) is 0 Å². The van der Waals surface area contributed by atoms with Crippen molar-refractivity contribution in [2.24, 2.45) is 0 Å². The van der Waals surface area contributed by atoms with Gasteiger partial charge in [-0.1, -0.05) is 19.3 Å². The van der Waals surface area contributed by atoms with Crippen LogP contribution >= 0.6 is 15.6 Å². The smallest absolute Gasteiger partial charge is 0.387 e. The molecule has 3 rings (SSSR count). The number of rotatable bonds is 8. The van der Waals surface area contributed by atoms with Gasteiger partial charge in [-0.05, 0) is 12.8 Å². The Morgan fingerprint density at radius 1 is 1.10 bits per heavy atom. The minimum atomic E-state index is -5.12. The lowest BCUT2D eigenvalue weighted by atomic mass is 9.98. The van der Waals surface area contributed by atoms with E-state index in [1.54, 1.807) is 0 Å². The van der Waals surface area contributed by atoms with Crippen molar-refractivity contribution >= 4 is 15.6 Å². The number of H-pyrrole nitrogens is 1. The molecule has 176 valence electrons. The van der Waals surface area contributed by atoms with Gasteiger partial charge in [0.2, 0.25) is 0 Å². The molecule has 0 radical (unpaired) electrons. The number of ether oxygens (including phenoxy) is 1. The number of aliphatic hydroxyl groups excluding tert-OH is 2. The van der Waals surface area contributed by atoms with Gasteiger partial charge in [-0.3, -0.25) is 23.4 Å². The topological polar surface area (TPSA) is 207 Å². The second kappa shape index (κ2) is 9.75. The molecule has 1 saturated heterocycles. The Morgan fingerprint density at radius 3 is 2.42 bits per heavy atom. The predicted octanol–water partition coefficient (Wildman–Crippen LogP) is -0.261. The van der Waals surface area contributed by atoms with Crippen LogP contribution in [0.2, 0.25) is 0 Å². The maximum Gasteiger partial charge on any atom is 0.481 e. The molecule has 1 aromatic heterocycles. The third kappa shape index (κ3) is 6.42. The standard InChI is InChI=1S/C15H24N2O12P2/c18-11-6-7-17(15(21)16-11)14-13(20)12(19)10(27-14)8-26-30(22,23)29-31(24,25)28-9-4-2-1-3-5-9/h6-7,9-10,12-14,19-20H,1-5,8H2,(H,22,23)(H,24,25)(H,16,18,21)/t10-,12-,13-,14-/m1/s1. The first-order valence-corrected chi connectivity index (χ1v) is 12.5. The summed E-state index contributed by atoms with van der Waals surface area (Å²) in [4.78, 5) is 44.5. The first-order valence-electron chi connectivity index (χ1n) is 9.50. The number of phosphoric ester groups is 2. The predicted molar refractivity (Wildman–Crippen MR) is 102 cm³/mol. The summed E-state index contributed by atoms with van der Waals surface area (Å²) in [6, 6.07) is 0.995. The number of nitrogens with zero attached hydrogens (tertiary/aromatic N) is 1. The average Bonchev–Trinajstić information content (AvgIpc) is 2.94. The molecule has 1 aliphatic heterocycles. The zero-order chi connectivity index (χ0) is 22.8. The van der Waals surface area contributed by atoms with Crippen LogP contribution in [0.25, 0.3) is 0 Å². The van der Waals surface area contributed by atoms with Gasteiger partial charge < -0.3 is 24.7 Å². The Balaban J connectivity index is 1.59. The van der Waals surface area contributed by atoms with Crippen molar-refractivity contribution < 1.29 is 47.2 Å². The van der Waals surface area contributed by atoms with E-state index in [0.717, 1.165) is 36.1 Å². The van der Waals surface area contributed by atoms with Crippen molar-refractivity contribution in [2.45, 2.75) is 62.7 Å². The molecular weight excluding hydrogens is 462 g/mol. The van der Waals surface area contributed by atoms with Crippen molar-refractivity contribution in [3.05, 3.63) is 33.1 Å². The number of aromatic nitrogens is 2. The lowest BCUT2D eigenvalue weighted by Crippen LogP contribution is -2.37. The Labute approximate surface area is 175 Å². The molecule has 2 fully saturated rings. The summed E-state index contributed by atoms with van der Waals surface area (Å²) >= 11 is 0. The summed E-state index contributed by atoms with van der Waals surface area (Å²) in [6.45, 7) is -0.829. The van der Waals surface area contributed by atoms with Crippen molar-refractivity contribution in [2.75, 3.05) is 6.61 Å². The normalized spacial score (nSPS) is 31.2. The minimum Gasteiger partial charge on any atom is -0.387 e. The van der Waals surface area contributed by atoms with E-state index in [1.807, 2.05) is 4.98 Å². The number of nitrogens with one attached hydrogen (secondary N) is 1. The van der Waals surface area contributed by atoms with Crippen LogP contribution in [0, 0.1) is 0 Å². The van der Waals surface area contributed by atoms with Gasteiger partial charge in [0.25, 0.3) is 5.56 Å². The zero-order valence-corrected chi connectivity index (χ0v) is 18.0. The molecule has 2 heterocycles. The van der Waals surface area contributed by atoms with E-state index in [1.165, 1.54) is 0 Å². The van der Waals surface area contributed by atoms with Gasteiger partial charge in [-0.15, -0.1) is 0 Å². The van der Waals surface area contributed by atoms with Crippen LogP contribution in [0.3, 0.4) is 0 Å². The fraction of sp³-hybridized carbons (Fsp3) is 0.733. The highest BCUT2D eigenvalue weighted by Crippen LogP contribution is 2.61. The van der Waals surface area contributed by atoms with Crippen molar-refractivity contribution in [1.82, 2.24) is 9.55 Å². The summed E-state index contributed by atoms with van der Waals surface area (Å²) in [6.07, 6.45) is -2.12. The Morgan fingerprint density at radius 2 is 1.77 bits per heavy atom. The molecule has 14 nitrogen and oxygen atoms in total. The van der Waals surface area contributed by atoms with Crippen LogP contribution in [-0.2, 0) is 27.2 Å². The highest BCUT2D eigenvalue weighted by molar-refractivity contribution is 7.61. The maximum atomic E-state index is 12.1. The Bertz CT molecular complexity index is 973. The number of aliphatic hydroxyl groups is 2. The summed E-state index contributed by atoms with van der Waals surface area (Å²) in [7, 11) is -10.0. The number of hydrogen-bond donors (Lipinski definition) is 5. The molecule has 2 unspecified atom stereocenters. The molecule has 5 N–H and O–H groups in total. The molecule has 1 aromatic rings. The third-order valence-electron chi connectivity index (χ3n) is 4.91. The van der Waals surface area contributed by atoms with E-state index in [4.69, 9.17) is 9.26 Å². The van der Waals surface area contributed by atoms with Crippen LogP contribution in [0.5, 0.6) is 0 Å². The van der Waals surface area contributed by atoms with Crippen molar-refractivity contribution in [1.29, 1.82) is 0 Å². The van der Waals surface area contributed by atoms with Crippen molar-refractivity contribution in [3.63, 3.8) is 0 Å². The van der Waals surface area contributed by atoms with Gasteiger partial charge in [-0.2, -0.15) is 4.31 Å².